The van der Waals surface area contributed by atoms with Crippen LogP contribution in [0.4, 0.5) is 4.39 Å². The van der Waals surface area contributed by atoms with E-state index in [1.807, 2.05) is 13.8 Å². The monoisotopic (exact) mass is 420 g/mol. The lowest BCUT2D eigenvalue weighted by atomic mass is 10.1. The number of rotatable bonds is 3. The first-order valence-electron chi connectivity index (χ1n) is 9.58. The molecular weight excluding hydrogens is 399 g/mol. The molecule has 1 saturated heterocycles. The van der Waals surface area contributed by atoms with Crippen molar-refractivity contribution < 1.29 is 18.7 Å². The highest BCUT2D eigenvalue weighted by Crippen LogP contribution is 2.24. The Labute approximate surface area is 173 Å². The number of carbonyl (C=O) groups excluding carboxylic acids is 2. The number of hydrogen-bond donors (Lipinski definition) is 0. The highest BCUT2D eigenvalue weighted by Gasteiger charge is 2.32. The predicted molar refractivity (Wildman–Crippen MR) is 104 cm³/mol. The van der Waals surface area contributed by atoms with Crippen LogP contribution in [-0.2, 0) is 17.8 Å². The number of morpholine rings is 1. The molecule has 0 radical (unpaired) electrons. The Hall–Kier alpha value is -2.45. The number of nitrogens with zero attached hydrogens (tertiary/aromatic N) is 4. The summed E-state index contributed by atoms with van der Waals surface area (Å²) < 4.78 is 21.3. The molecule has 1 fully saturated rings. The Balaban J connectivity index is 1.53. The van der Waals surface area contributed by atoms with Crippen LogP contribution in [0.3, 0.4) is 0 Å². The third kappa shape index (κ3) is 3.86. The van der Waals surface area contributed by atoms with Gasteiger partial charge in [-0.1, -0.05) is 17.7 Å². The number of aromatic nitrogens is 2. The van der Waals surface area contributed by atoms with E-state index in [0.29, 0.717) is 31.9 Å². The molecule has 0 N–H and O–H groups in total. The molecule has 9 heteroatoms. The Morgan fingerprint density at radius 1 is 1.28 bits per heavy atom. The van der Waals surface area contributed by atoms with Crippen molar-refractivity contribution in [1.29, 1.82) is 0 Å². The van der Waals surface area contributed by atoms with E-state index < -0.39 is 5.82 Å². The normalized spacial score (nSPS) is 22.0. The summed E-state index contributed by atoms with van der Waals surface area (Å²) in [5, 5.41) is 4.62. The number of benzene rings is 1. The van der Waals surface area contributed by atoms with Gasteiger partial charge < -0.3 is 14.5 Å². The first-order chi connectivity index (χ1) is 13.8. The molecule has 0 saturated carbocycles. The second-order valence-corrected chi connectivity index (χ2v) is 7.94. The van der Waals surface area contributed by atoms with E-state index in [2.05, 4.69) is 5.10 Å². The number of halogens is 2. The number of amides is 2. The van der Waals surface area contributed by atoms with Crippen molar-refractivity contribution >= 4 is 23.4 Å². The first kappa shape index (κ1) is 19.8. The number of hydrogen-bond acceptors (Lipinski definition) is 4. The zero-order chi connectivity index (χ0) is 20.7. The molecule has 154 valence electrons. The molecule has 2 aromatic rings. The van der Waals surface area contributed by atoms with E-state index in [-0.39, 0.29) is 46.8 Å². The molecule has 0 spiro atoms. The van der Waals surface area contributed by atoms with Crippen LogP contribution < -0.4 is 0 Å². The third-order valence-corrected chi connectivity index (χ3v) is 5.56. The highest BCUT2D eigenvalue weighted by atomic mass is 35.5. The van der Waals surface area contributed by atoms with Gasteiger partial charge in [-0.15, -0.1) is 0 Å². The average Bonchev–Trinajstić information content (AvgIpc) is 3.10. The van der Waals surface area contributed by atoms with Crippen molar-refractivity contribution in [2.24, 2.45) is 0 Å². The Morgan fingerprint density at radius 3 is 2.69 bits per heavy atom. The number of ether oxygens (including phenoxy) is 1. The summed E-state index contributed by atoms with van der Waals surface area (Å²) >= 11 is 6.10. The maximum absolute atomic E-state index is 14.1. The van der Waals surface area contributed by atoms with Gasteiger partial charge in [-0.05, 0) is 26.0 Å². The summed E-state index contributed by atoms with van der Waals surface area (Å²) in [6.07, 6.45) is -0.106. The van der Waals surface area contributed by atoms with E-state index in [0.717, 1.165) is 0 Å². The van der Waals surface area contributed by atoms with Gasteiger partial charge in [0.05, 0.1) is 25.3 Å². The van der Waals surface area contributed by atoms with E-state index in [4.69, 9.17) is 16.3 Å². The largest absolute Gasteiger partial charge is 0.372 e. The maximum Gasteiger partial charge on any atom is 0.274 e. The van der Waals surface area contributed by atoms with Crippen molar-refractivity contribution in [1.82, 2.24) is 19.6 Å². The Bertz CT molecular complexity index is 933. The quantitative estimate of drug-likeness (QED) is 0.765. The lowest BCUT2D eigenvalue weighted by Gasteiger charge is -2.34. The van der Waals surface area contributed by atoms with Crippen molar-refractivity contribution in [3.05, 3.63) is 52.1 Å². The first-order valence-corrected chi connectivity index (χ1v) is 9.96. The molecule has 1 aromatic heterocycles. The van der Waals surface area contributed by atoms with Gasteiger partial charge in [0.2, 0.25) is 0 Å². The molecule has 2 aliphatic heterocycles. The van der Waals surface area contributed by atoms with Gasteiger partial charge in [-0.2, -0.15) is 5.10 Å². The van der Waals surface area contributed by atoms with E-state index in [1.54, 1.807) is 15.6 Å². The standard InChI is InChI=1S/C20H22ClFN4O3/c1-12-9-25(10-13(2)29-12)19(27)17-8-18-20(28)24(6-7-26(18)23-17)11-14-15(21)4-3-5-16(14)22/h3-5,8,12-13H,6-7,9-11H2,1-2H3. The van der Waals surface area contributed by atoms with Crippen molar-refractivity contribution in [3.8, 4) is 0 Å². The molecule has 3 heterocycles. The van der Waals surface area contributed by atoms with E-state index >= 15 is 0 Å². The zero-order valence-electron chi connectivity index (χ0n) is 16.3. The van der Waals surface area contributed by atoms with Crippen molar-refractivity contribution in [2.45, 2.75) is 39.1 Å². The smallest absolute Gasteiger partial charge is 0.274 e. The van der Waals surface area contributed by atoms with Crippen LogP contribution in [0.15, 0.2) is 24.3 Å². The SMILES string of the molecule is CC1CN(C(=O)c2cc3n(n2)CCN(Cc2c(F)cccc2Cl)C3=O)CC(C)O1. The van der Waals surface area contributed by atoms with Gasteiger partial charge in [-0.3, -0.25) is 14.3 Å². The van der Waals surface area contributed by atoms with Crippen LogP contribution in [0.1, 0.15) is 40.4 Å². The summed E-state index contributed by atoms with van der Waals surface area (Å²) in [5.41, 5.74) is 0.838. The summed E-state index contributed by atoms with van der Waals surface area (Å²) in [4.78, 5) is 29.0. The third-order valence-electron chi connectivity index (χ3n) is 5.20. The Kier molecular flexibility index (Phi) is 5.31. The zero-order valence-corrected chi connectivity index (χ0v) is 17.0. The lowest BCUT2D eigenvalue weighted by molar-refractivity contribution is -0.0587. The molecule has 2 amide bonds. The van der Waals surface area contributed by atoms with E-state index in [1.165, 1.54) is 23.1 Å². The summed E-state index contributed by atoms with van der Waals surface area (Å²) in [6, 6.07) is 5.96. The van der Waals surface area contributed by atoms with Crippen LogP contribution in [0.2, 0.25) is 5.02 Å². The molecule has 29 heavy (non-hydrogen) atoms. The molecule has 0 bridgehead atoms. The lowest BCUT2D eigenvalue weighted by Crippen LogP contribution is -2.48. The summed E-state index contributed by atoms with van der Waals surface area (Å²) in [6.45, 7) is 5.66. The van der Waals surface area contributed by atoms with E-state index in [9.17, 15) is 14.0 Å². The predicted octanol–water partition coefficient (Wildman–Crippen LogP) is 2.58. The van der Waals surface area contributed by atoms with Gasteiger partial charge in [0.15, 0.2) is 5.69 Å². The minimum Gasteiger partial charge on any atom is -0.372 e. The molecular formula is C20H22ClFN4O3. The van der Waals surface area contributed by atoms with Gasteiger partial charge in [0.25, 0.3) is 11.8 Å². The van der Waals surface area contributed by atoms with Crippen LogP contribution >= 0.6 is 11.6 Å². The topological polar surface area (TPSA) is 67.7 Å². The number of fused-ring (bicyclic) bond motifs is 1. The van der Waals surface area contributed by atoms with Gasteiger partial charge in [-0.25, -0.2) is 4.39 Å². The Morgan fingerprint density at radius 2 is 2.00 bits per heavy atom. The minimum atomic E-state index is -0.448. The summed E-state index contributed by atoms with van der Waals surface area (Å²) in [5.74, 6) is -0.966. The average molecular weight is 421 g/mol. The second-order valence-electron chi connectivity index (χ2n) is 7.53. The van der Waals surface area contributed by atoms with Crippen molar-refractivity contribution in [3.63, 3.8) is 0 Å². The van der Waals surface area contributed by atoms with Gasteiger partial charge in [0.1, 0.15) is 11.5 Å². The van der Waals surface area contributed by atoms with Crippen LogP contribution in [0.5, 0.6) is 0 Å². The highest BCUT2D eigenvalue weighted by molar-refractivity contribution is 6.31. The second kappa shape index (κ2) is 7.76. The minimum absolute atomic E-state index is 0.0532. The van der Waals surface area contributed by atoms with Crippen LogP contribution in [-0.4, -0.2) is 63.2 Å². The maximum atomic E-state index is 14.1. The fraction of sp³-hybridized carbons (Fsp3) is 0.450. The molecule has 4 rings (SSSR count). The number of carbonyl (C=O) groups is 2. The van der Waals surface area contributed by atoms with Gasteiger partial charge in [0, 0.05) is 36.3 Å². The van der Waals surface area contributed by atoms with Crippen molar-refractivity contribution in [2.75, 3.05) is 19.6 Å². The molecule has 2 aliphatic rings. The van der Waals surface area contributed by atoms with Crippen LogP contribution in [0.25, 0.3) is 0 Å². The fourth-order valence-electron chi connectivity index (χ4n) is 3.87. The molecule has 0 aliphatic carbocycles. The molecule has 2 atom stereocenters. The molecule has 1 aromatic carbocycles. The van der Waals surface area contributed by atoms with Crippen LogP contribution in [0, 0.1) is 5.82 Å². The summed E-state index contributed by atoms with van der Waals surface area (Å²) in [7, 11) is 0. The fourth-order valence-corrected chi connectivity index (χ4v) is 4.10. The van der Waals surface area contributed by atoms with Gasteiger partial charge >= 0.3 is 0 Å². The molecule has 7 nitrogen and oxygen atoms in total. The molecule has 2 unspecified atom stereocenters.